The van der Waals surface area contributed by atoms with Crippen LogP contribution in [-0.4, -0.2) is 29.5 Å². The molecule has 7 heteroatoms. The topological polar surface area (TPSA) is 105 Å². The number of carboxylic acids is 1. The van der Waals surface area contributed by atoms with E-state index in [1.54, 1.807) is 30.3 Å². The van der Waals surface area contributed by atoms with Crippen molar-refractivity contribution in [1.29, 1.82) is 0 Å². The average Bonchev–Trinajstić information content (AvgIpc) is 2.63. The van der Waals surface area contributed by atoms with Gasteiger partial charge >= 0.3 is 5.97 Å². The molecule has 0 spiro atoms. The van der Waals surface area contributed by atoms with E-state index in [-0.39, 0.29) is 24.7 Å². The second-order valence-electron chi connectivity index (χ2n) is 6.24. The summed E-state index contributed by atoms with van der Waals surface area (Å²) in [6.07, 6.45) is -0.0480. The van der Waals surface area contributed by atoms with Crippen LogP contribution in [0.25, 0.3) is 0 Å². The fourth-order valence-electron chi connectivity index (χ4n) is 2.82. The first-order chi connectivity index (χ1) is 13.4. The fraction of sp³-hybridized carbons (Fsp3) is 0.286. The summed E-state index contributed by atoms with van der Waals surface area (Å²) >= 11 is 0. The molecule has 2 amide bonds. The van der Waals surface area contributed by atoms with Crippen LogP contribution in [0, 0.1) is 0 Å². The lowest BCUT2D eigenvalue weighted by Crippen LogP contribution is -2.30. The molecule has 0 radical (unpaired) electrons. The van der Waals surface area contributed by atoms with E-state index in [4.69, 9.17) is 9.84 Å². The van der Waals surface area contributed by atoms with Gasteiger partial charge in [-0.05, 0) is 30.7 Å². The summed E-state index contributed by atoms with van der Waals surface area (Å²) in [6, 6.07) is 13.3. The van der Waals surface area contributed by atoms with Gasteiger partial charge in [0.15, 0.2) is 0 Å². The number of ether oxygens (including phenoxy) is 1. The van der Waals surface area contributed by atoms with Crippen LogP contribution in [0.15, 0.2) is 48.5 Å². The number of hydrogen-bond donors (Lipinski definition) is 3. The molecule has 0 bridgehead atoms. The molecule has 1 unspecified atom stereocenters. The minimum atomic E-state index is -0.914. The Balaban J connectivity index is 2.11. The minimum absolute atomic E-state index is 0.0283. The van der Waals surface area contributed by atoms with Crippen LogP contribution in [0.3, 0.4) is 0 Å². The number of amides is 2. The summed E-state index contributed by atoms with van der Waals surface area (Å²) in [5, 5.41) is 14.4. The summed E-state index contributed by atoms with van der Waals surface area (Å²) in [5.41, 5.74) is 1.93. The zero-order valence-corrected chi connectivity index (χ0v) is 15.9. The number of nitrogens with one attached hydrogen (secondary N) is 2. The zero-order chi connectivity index (χ0) is 20.5. The third-order valence-electron chi connectivity index (χ3n) is 3.95. The SMILES string of the molecule is CCOc1ccccc1C(CC(=O)Nc1ccc(CC(=O)O)cc1)NC(C)=O. The van der Waals surface area contributed by atoms with Crippen molar-refractivity contribution >= 4 is 23.5 Å². The summed E-state index contributed by atoms with van der Waals surface area (Å²) in [7, 11) is 0. The second-order valence-corrected chi connectivity index (χ2v) is 6.24. The highest BCUT2D eigenvalue weighted by molar-refractivity contribution is 5.91. The Labute approximate surface area is 163 Å². The molecule has 148 valence electrons. The number of anilines is 1. The molecule has 0 aliphatic rings. The predicted molar refractivity (Wildman–Crippen MR) is 105 cm³/mol. The number of aliphatic carboxylic acids is 1. The fourth-order valence-corrected chi connectivity index (χ4v) is 2.82. The highest BCUT2D eigenvalue weighted by Gasteiger charge is 2.20. The van der Waals surface area contributed by atoms with Crippen molar-refractivity contribution < 1.29 is 24.2 Å². The molecule has 0 heterocycles. The van der Waals surface area contributed by atoms with Gasteiger partial charge in [0.1, 0.15) is 5.75 Å². The van der Waals surface area contributed by atoms with Gasteiger partial charge in [-0.1, -0.05) is 30.3 Å². The Morgan fingerprint density at radius 1 is 1.07 bits per heavy atom. The zero-order valence-electron chi connectivity index (χ0n) is 15.9. The van der Waals surface area contributed by atoms with E-state index in [2.05, 4.69) is 10.6 Å². The Morgan fingerprint density at radius 2 is 1.75 bits per heavy atom. The van der Waals surface area contributed by atoms with Crippen LogP contribution < -0.4 is 15.4 Å². The quantitative estimate of drug-likeness (QED) is 0.617. The lowest BCUT2D eigenvalue weighted by atomic mass is 10.0. The lowest BCUT2D eigenvalue weighted by molar-refractivity contribution is -0.136. The van der Waals surface area contributed by atoms with Gasteiger partial charge in [0.05, 0.1) is 25.5 Å². The molecule has 0 saturated heterocycles. The smallest absolute Gasteiger partial charge is 0.307 e. The molecule has 0 aliphatic carbocycles. The van der Waals surface area contributed by atoms with Crippen LogP contribution in [0.2, 0.25) is 0 Å². The van der Waals surface area contributed by atoms with Gasteiger partial charge in [-0.2, -0.15) is 0 Å². The maximum absolute atomic E-state index is 12.5. The molecular formula is C21H24N2O5. The van der Waals surface area contributed by atoms with E-state index in [9.17, 15) is 14.4 Å². The highest BCUT2D eigenvalue weighted by Crippen LogP contribution is 2.28. The summed E-state index contributed by atoms with van der Waals surface area (Å²) in [6.45, 7) is 3.74. The van der Waals surface area contributed by atoms with E-state index >= 15 is 0 Å². The Bertz CT molecular complexity index is 833. The first-order valence-corrected chi connectivity index (χ1v) is 8.98. The summed E-state index contributed by atoms with van der Waals surface area (Å²) in [4.78, 5) is 34.9. The van der Waals surface area contributed by atoms with Crippen LogP contribution in [0.5, 0.6) is 5.75 Å². The third kappa shape index (κ3) is 6.42. The first-order valence-electron chi connectivity index (χ1n) is 8.98. The van der Waals surface area contributed by atoms with Crippen LogP contribution >= 0.6 is 0 Å². The number of benzene rings is 2. The van der Waals surface area contributed by atoms with E-state index in [1.807, 2.05) is 25.1 Å². The molecule has 3 N–H and O–H groups in total. The Hall–Kier alpha value is -3.35. The normalized spacial score (nSPS) is 11.4. The Kier molecular flexibility index (Phi) is 7.56. The molecule has 0 saturated carbocycles. The number of carbonyl (C=O) groups excluding carboxylic acids is 2. The molecule has 1 atom stereocenters. The van der Waals surface area contributed by atoms with Gasteiger partial charge in [-0.25, -0.2) is 0 Å². The molecule has 0 aliphatic heterocycles. The van der Waals surface area contributed by atoms with Crippen LogP contribution in [-0.2, 0) is 20.8 Å². The number of carbonyl (C=O) groups is 3. The third-order valence-corrected chi connectivity index (χ3v) is 3.95. The van der Waals surface area contributed by atoms with Crippen molar-refractivity contribution in [1.82, 2.24) is 5.32 Å². The number of rotatable bonds is 9. The van der Waals surface area contributed by atoms with E-state index in [0.717, 1.165) is 5.56 Å². The number of para-hydroxylation sites is 1. The Morgan fingerprint density at radius 3 is 2.36 bits per heavy atom. The number of hydrogen-bond acceptors (Lipinski definition) is 4. The summed E-state index contributed by atoms with van der Waals surface area (Å²) in [5.74, 6) is -0.823. The van der Waals surface area contributed by atoms with Crippen LogP contribution in [0.4, 0.5) is 5.69 Å². The maximum Gasteiger partial charge on any atom is 0.307 e. The van der Waals surface area contributed by atoms with Crippen molar-refractivity contribution in [3.63, 3.8) is 0 Å². The number of carboxylic acid groups (broad SMARTS) is 1. The molecule has 2 aromatic carbocycles. The predicted octanol–water partition coefficient (Wildman–Crippen LogP) is 2.92. The largest absolute Gasteiger partial charge is 0.494 e. The minimum Gasteiger partial charge on any atom is -0.494 e. The molecule has 2 rings (SSSR count). The van der Waals surface area contributed by atoms with Crippen molar-refractivity contribution in [2.45, 2.75) is 32.7 Å². The van der Waals surface area contributed by atoms with E-state index in [1.165, 1.54) is 6.92 Å². The monoisotopic (exact) mass is 384 g/mol. The van der Waals surface area contributed by atoms with Crippen LogP contribution in [0.1, 0.15) is 37.4 Å². The lowest BCUT2D eigenvalue weighted by Gasteiger charge is -2.21. The second kappa shape index (κ2) is 10.1. The molecule has 0 aromatic heterocycles. The van der Waals surface area contributed by atoms with Gasteiger partial charge in [-0.15, -0.1) is 0 Å². The first kappa shape index (κ1) is 21.0. The van der Waals surface area contributed by atoms with Crippen molar-refractivity contribution in [2.75, 3.05) is 11.9 Å². The highest BCUT2D eigenvalue weighted by atomic mass is 16.5. The average molecular weight is 384 g/mol. The summed E-state index contributed by atoms with van der Waals surface area (Å²) < 4.78 is 5.61. The standard InChI is InChI=1S/C21H24N2O5/c1-3-28-19-7-5-4-6-17(19)18(22-14(2)24)13-20(25)23-16-10-8-15(9-11-16)12-21(26)27/h4-11,18H,3,12-13H2,1-2H3,(H,22,24)(H,23,25)(H,26,27). The molecule has 7 nitrogen and oxygen atoms in total. The maximum atomic E-state index is 12.5. The van der Waals surface area contributed by atoms with Gasteiger partial charge in [0.2, 0.25) is 11.8 Å². The van der Waals surface area contributed by atoms with Gasteiger partial charge in [-0.3, -0.25) is 14.4 Å². The van der Waals surface area contributed by atoms with E-state index < -0.39 is 12.0 Å². The molecule has 0 fully saturated rings. The van der Waals surface area contributed by atoms with Crippen molar-refractivity contribution in [3.8, 4) is 5.75 Å². The van der Waals surface area contributed by atoms with Gasteiger partial charge < -0.3 is 20.5 Å². The van der Waals surface area contributed by atoms with Crippen molar-refractivity contribution in [2.24, 2.45) is 0 Å². The molecule has 28 heavy (non-hydrogen) atoms. The van der Waals surface area contributed by atoms with Gasteiger partial charge in [0, 0.05) is 18.2 Å². The molecular weight excluding hydrogens is 360 g/mol. The van der Waals surface area contributed by atoms with Gasteiger partial charge in [0.25, 0.3) is 0 Å². The van der Waals surface area contributed by atoms with Crippen molar-refractivity contribution in [3.05, 3.63) is 59.7 Å². The van der Waals surface area contributed by atoms with E-state index in [0.29, 0.717) is 23.6 Å². The molecule has 2 aromatic rings.